The first-order valence-corrected chi connectivity index (χ1v) is 10.0. The van der Waals surface area contributed by atoms with Crippen LogP contribution in [0.15, 0.2) is 65.1 Å². The summed E-state index contributed by atoms with van der Waals surface area (Å²) in [5.74, 6) is 0.583. The Morgan fingerprint density at radius 2 is 1.79 bits per heavy atom. The van der Waals surface area contributed by atoms with E-state index in [-0.39, 0.29) is 17.8 Å². The molecule has 4 nitrogen and oxygen atoms in total. The summed E-state index contributed by atoms with van der Waals surface area (Å²) in [6, 6.07) is 18.0. The Bertz CT molecular complexity index is 983. The summed E-state index contributed by atoms with van der Waals surface area (Å²) in [5, 5.41) is 3.61. The number of halogens is 2. The van der Waals surface area contributed by atoms with Gasteiger partial charge in [-0.1, -0.05) is 35.9 Å². The molecule has 1 amide bonds. The maximum atomic E-state index is 13.6. The molecule has 1 aromatic heterocycles. The van der Waals surface area contributed by atoms with E-state index in [0.717, 1.165) is 24.0 Å². The van der Waals surface area contributed by atoms with Crippen molar-refractivity contribution in [2.45, 2.75) is 38.5 Å². The molecule has 29 heavy (non-hydrogen) atoms. The highest BCUT2D eigenvalue weighted by molar-refractivity contribution is 6.30. The second-order valence-corrected chi connectivity index (χ2v) is 7.85. The smallest absolute Gasteiger partial charge is 0.287 e. The van der Waals surface area contributed by atoms with E-state index in [2.05, 4.69) is 10.2 Å². The number of nitrogens with one attached hydrogen (secondary N) is 1. The van der Waals surface area contributed by atoms with Gasteiger partial charge in [0.05, 0.1) is 6.54 Å². The molecule has 0 spiro atoms. The van der Waals surface area contributed by atoms with Crippen LogP contribution in [0.25, 0.3) is 0 Å². The van der Waals surface area contributed by atoms with Crippen molar-refractivity contribution in [3.8, 4) is 0 Å². The van der Waals surface area contributed by atoms with Gasteiger partial charge in [0, 0.05) is 24.2 Å². The van der Waals surface area contributed by atoms with Gasteiger partial charge in [0.25, 0.3) is 5.91 Å². The van der Waals surface area contributed by atoms with Crippen molar-refractivity contribution < 1.29 is 13.6 Å². The summed E-state index contributed by atoms with van der Waals surface area (Å²) in [5.41, 5.74) is 1.96. The van der Waals surface area contributed by atoms with Crippen molar-refractivity contribution in [2.75, 3.05) is 0 Å². The van der Waals surface area contributed by atoms with Gasteiger partial charge in [-0.2, -0.15) is 0 Å². The number of carbonyl (C=O) groups excluding carboxylic acids is 1. The van der Waals surface area contributed by atoms with E-state index in [4.69, 9.17) is 16.0 Å². The first-order valence-electron chi connectivity index (χ1n) is 9.66. The van der Waals surface area contributed by atoms with E-state index in [1.54, 1.807) is 12.1 Å². The van der Waals surface area contributed by atoms with Crippen LogP contribution in [0.4, 0.5) is 4.39 Å². The zero-order valence-electron chi connectivity index (χ0n) is 15.9. The van der Waals surface area contributed by atoms with Crippen molar-refractivity contribution in [1.29, 1.82) is 0 Å². The third-order valence-electron chi connectivity index (χ3n) is 4.79. The van der Waals surface area contributed by atoms with E-state index in [9.17, 15) is 9.18 Å². The summed E-state index contributed by atoms with van der Waals surface area (Å²) in [6.07, 6.45) is 2.06. The molecule has 1 heterocycles. The minimum atomic E-state index is -0.258. The number of benzene rings is 2. The normalized spacial score (nSPS) is 13.6. The monoisotopic (exact) mass is 412 g/mol. The quantitative estimate of drug-likeness (QED) is 0.555. The Kier molecular flexibility index (Phi) is 5.97. The molecular formula is C23H22ClFN2O2. The SMILES string of the molecule is O=C(NC1CC1)c1ccc(CN(Cc2ccc(Cl)cc2)Cc2cccc(F)c2)o1. The van der Waals surface area contributed by atoms with Crippen LogP contribution in [0.3, 0.4) is 0 Å². The molecule has 1 N–H and O–H groups in total. The zero-order valence-corrected chi connectivity index (χ0v) is 16.7. The van der Waals surface area contributed by atoms with Crippen LogP contribution in [0.2, 0.25) is 5.02 Å². The topological polar surface area (TPSA) is 45.5 Å². The predicted octanol–water partition coefficient (Wildman–Crippen LogP) is 5.17. The lowest BCUT2D eigenvalue weighted by molar-refractivity contribution is 0.0918. The summed E-state index contributed by atoms with van der Waals surface area (Å²) >= 11 is 5.99. The number of hydrogen-bond acceptors (Lipinski definition) is 3. The zero-order chi connectivity index (χ0) is 20.2. The molecule has 0 radical (unpaired) electrons. The number of rotatable bonds is 8. The number of furan rings is 1. The van der Waals surface area contributed by atoms with Crippen molar-refractivity contribution >= 4 is 17.5 Å². The van der Waals surface area contributed by atoms with E-state index in [0.29, 0.717) is 36.2 Å². The van der Waals surface area contributed by atoms with Gasteiger partial charge in [-0.3, -0.25) is 9.69 Å². The first kappa shape index (κ1) is 19.7. The van der Waals surface area contributed by atoms with Gasteiger partial charge in [0.15, 0.2) is 5.76 Å². The molecule has 0 bridgehead atoms. The number of carbonyl (C=O) groups is 1. The van der Waals surface area contributed by atoms with Gasteiger partial charge < -0.3 is 9.73 Å². The van der Waals surface area contributed by atoms with Gasteiger partial charge in [-0.05, 0) is 60.4 Å². The second kappa shape index (κ2) is 8.80. The van der Waals surface area contributed by atoms with Crippen LogP contribution in [0, 0.1) is 5.82 Å². The highest BCUT2D eigenvalue weighted by atomic mass is 35.5. The number of nitrogens with zero attached hydrogens (tertiary/aromatic N) is 1. The van der Waals surface area contributed by atoms with Crippen LogP contribution in [-0.2, 0) is 19.6 Å². The highest BCUT2D eigenvalue weighted by Gasteiger charge is 2.25. The maximum absolute atomic E-state index is 13.6. The Balaban J connectivity index is 1.48. The third kappa shape index (κ3) is 5.68. The van der Waals surface area contributed by atoms with E-state index in [1.807, 2.05) is 36.4 Å². The van der Waals surface area contributed by atoms with Crippen molar-refractivity contribution in [3.05, 3.63) is 94.2 Å². The fraction of sp³-hybridized carbons (Fsp3) is 0.261. The van der Waals surface area contributed by atoms with Gasteiger partial charge in [0.1, 0.15) is 11.6 Å². The van der Waals surface area contributed by atoms with E-state index in [1.165, 1.54) is 12.1 Å². The van der Waals surface area contributed by atoms with Crippen LogP contribution in [0.1, 0.15) is 40.3 Å². The lowest BCUT2D eigenvalue weighted by Gasteiger charge is -2.21. The molecule has 4 rings (SSSR count). The Labute approximate surface area is 174 Å². The fourth-order valence-corrected chi connectivity index (χ4v) is 3.32. The molecule has 6 heteroatoms. The Hall–Kier alpha value is -2.63. The maximum Gasteiger partial charge on any atom is 0.287 e. The fourth-order valence-electron chi connectivity index (χ4n) is 3.20. The summed E-state index contributed by atoms with van der Waals surface area (Å²) < 4.78 is 19.4. The van der Waals surface area contributed by atoms with Crippen molar-refractivity contribution in [3.63, 3.8) is 0 Å². The van der Waals surface area contributed by atoms with Crippen LogP contribution >= 0.6 is 11.6 Å². The Morgan fingerprint density at radius 3 is 2.52 bits per heavy atom. The molecule has 1 aliphatic rings. The summed E-state index contributed by atoms with van der Waals surface area (Å²) in [7, 11) is 0. The summed E-state index contributed by atoms with van der Waals surface area (Å²) in [6.45, 7) is 1.68. The molecule has 0 atom stereocenters. The van der Waals surface area contributed by atoms with Crippen molar-refractivity contribution in [2.24, 2.45) is 0 Å². The van der Waals surface area contributed by atoms with Crippen molar-refractivity contribution in [1.82, 2.24) is 10.2 Å². The Morgan fingerprint density at radius 1 is 1.03 bits per heavy atom. The lowest BCUT2D eigenvalue weighted by Crippen LogP contribution is -2.25. The number of amides is 1. The molecule has 150 valence electrons. The third-order valence-corrected chi connectivity index (χ3v) is 5.04. The van der Waals surface area contributed by atoms with Crippen LogP contribution in [0.5, 0.6) is 0 Å². The van der Waals surface area contributed by atoms with Crippen LogP contribution < -0.4 is 5.32 Å². The van der Waals surface area contributed by atoms with Gasteiger partial charge in [-0.25, -0.2) is 4.39 Å². The first-order chi connectivity index (χ1) is 14.0. The summed E-state index contributed by atoms with van der Waals surface area (Å²) in [4.78, 5) is 14.3. The van der Waals surface area contributed by atoms with Crippen LogP contribution in [-0.4, -0.2) is 16.8 Å². The van der Waals surface area contributed by atoms with E-state index < -0.39 is 0 Å². The van der Waals surface area contributed by atoms with Gasteiger partial charge >= 0.3 is 0 Å². The molecule has 1 aliphatic carbocycles. The van der Waals surface area contributed by atoms with Gasteiger partial charge in [-0.15, -0.1) is 0 Å². The molecule has 1 saturated carbocycles. The second-order valence-electron chi connectivity index (χ2n) is 7.42. The molecule has 1 fully saturated rings. The standard InChI is InChI=1S/C23H22ClFN2O2/c24-18-6-4-16(5-7-18)13-27(14-17-2-1-3-19(25)12-17)15-21-10-11-22(29-21)23(28)26-20-8-9-20/h1-7,10-12,20H,8-9,13-15H2,(H,26,28). The molecule has 2 aromatic carbocycles. The average molecular weight is 413 g/mol. The van der Waals surface area contributed by atoms with Gasteiger partial charge in [0.2, 0.25) is 0 Å². The predicted molar refractivity (Wildman–Crippen MR) is 110 cm³/mol. The minimum Gasteiger partial charge on any atom is -0.455 e. The lowest BCUT2D eigenvalue weighted by atomic mass is 10.1. The highest BCUT2D eigenvalue weighted by Crippen LogP contribution is 2.21. The molecular weight excluding hydrogens is 391 g/mol. The molecule has 0 unspecified atom stereocenters. The number of hydrogen-bond donors (Lipinski definition) is 1. The molecule has 0 aliphatic heterocycles. The van der Waals surface area contributed by atoms with E-state index >= 15 is 0 Å². The largest absolute Gasteiger partial charge is 0.455 e. The molecule has 3 aromatic rings. The molecule has 0 saturated heterocycles. The average Bonchev–Trinajstić information content (AvgIpc) is 3.38. The minimum absolute atomic E-state index is 0.173.